The van der Waals surface area contributed by atoms with Crippen LogP contribution in [0.1, 0.15) is 53.9 Å². The van der Waals surface area contributed by atoms with Crippen LogP contribution in [0.3, 0.4) is 0 Å². The molecule has 0 aromatic rings. The van der Waals surface area contributed by atoms with Gasteiger partial charge in [-0.25, -0.2) is 0 Å². The molecule has 0 radical (unpaired) electrons. The van der Waals surface area contributed by atoms with Crippen molar-refractivity contribution in [2.24, 2.45) is 11.8 Å². The van der Waals surface area contributed by atoms with E-state index in [0.29, 0.717) is 12.5 Å². The van der Waals surface area contributed by atoms with Gasteiger partial charge >= 0.3 is 0 Å². The van der Waals surface area contributed by atoms with E-state index in [1.165, 1.54) is 0 Å². The van der Waals surface area contributed by atoms with Crippen LogP contribution in [0.4, 0.5) is 0 Å². The molecular weight excluding hydrogens is 172 g/mol. The molecule has 0 aromatic heterocycles. The van der Waals surface area contributed by atoms with E-state index in [1.807, 2.05) is 0 Å². The highest BCUT2D eigenvalue weighted by Gasteiger charge is 1.84. The average molecular weight is 200 g/mol. The van der Waals surface area contributed by atoms with Crippen LogP contribution in [0.5, 0.6) is 0 Å². The second kappa shape index (κ2) is 12.7. The molecule has 0 amide bonds. The summed E-state index contributed by atoms with van der Waals surface area (Å²) < 4.78 is 0. The Kier molecular flexibility index (Phi) is 14.6. The van der Waals surface area contributed by atoms with Gasteiger partial charge in [0.1, 0.15) is 0 Å². The van der Waals surface area contributed by atoms with Crippen LogP contribution in [-0.4, -0.2) is 11.7 Å². The summed E-state index contributed by atoms with van der Waals surface area (Å²) in [7, 11) is 0. The Bertz CT molecular complexity index is 112. The predicted molar refractivity (Wildman–Crippen MR) is 65.4 cm³/mol. The van der Waals surface area contributed by atoms with Gasteiger partial charge in [0.15, 0.2) is 0 Å². The molecule has 0 bridgehead atoms. The minimum absolute atomic E-state index is 0.329. The minimum Gasteiger partial charge on any atom is -0.396 e. The van der Waals surface area contributed by atoms with Gasteiger partial charge in [-0.2, -0.15) is 0 Å². The van der Waals surface area contributed by atoms with Crippen molar-refractivity contribution in [1.29, 1.82) is 0 Å². The van der Waals surface area contributed by atoms with Crippen LogP contribution >= 0.6 is 0 Å². The Morgan fingerprint density at radius 1 is 1.00 bits per heavy atom. The standard InChI is InChI=1S/C9H18O.C4H10/c1-9(2)7-5-3-4-6-8-10;1-4(2)3/h5,7,9-10H,3-4,6,8H2,1-2H3;4H,1-3H3/b7-5+;. The number of rotatable bonds is 5. The van der Waals surface area contributed by atoms with Gasteiger partial charge in [0, 0.05) is 6.61 Å². The molecule has 86 valence electrons. The molecular formula is C13H28O. The SMILES string of the molecule is CC(C)/C=C/CCCCO.CC(C)C. The van der Waals surface area contributed by atoms with Crippen molar-refractivity contribution in [3.05, 3.63) is 12.2 Å². The maximum Gasteiger partial charge on any atom is 0.0431 e. The second-order valence-electron chi connectivity index (χ2n) is 4.62. The lowest BCUT2D eigenvalue weighted by molar-refractivity contribution is 0.285. The molecule has 0 heterocycles. The average Bonchev–Trinajstić information content (AvgIpc) is 2.02. The molecule has 1 heteroatoms. The highest BCUT2D eigenvalue weighted by atomic mass is 16.2. The number of aliphatic hydroxyl groups is 1. The zero-order valence-electron chi connectivity index (χ0n) is 10.6. The largest absolute Gasteiger partial charge is 0.396 e. The fourth-order valence-corrected chi connectivity index (χ4v) is 0.742. The van der Waals surface area contributed by atoms with Crippen LogP contribution < -0.4 is 0 Å². The van der Waals surface area contributed by atoms with Crippen LogP contribution in [0.2, 0.25) is 0 Å². The van der Waals surface area contributed by atoms with Crippen LogP contribution in [-0.2, 0) is 0 Å². The van der Waals surface area contributed by atoms with Crippen molar-refractivity contribution in [3.63, 3.8) is 0 Å². The first-order chi connectivity index (χ1) is 6.50. The quantitative estimate of drug-likeness (QED) is 0.525. The Morgan fingerprint density at radius 3 is 1.86 bits per heavy atom. The number of hydrogen-bond donors (Lipinski definition) is 1. The second-order valence-corrected chi connectivity index (χ2v) is 4.62. The lowest BCUT2D eigenvalue weighted by Crippen LogP contribution is -1.81. The first-order valence-corrected chi connectivity index (χ1v) is 5.78. The van der Waals surface area contributed by atoms with Gasteiger partial charge in [-0.15, -0.1) is 0 Å². The molecule has 1 nitrogen and oxygen atoms in total. The van der Waals surface area contributed by atoms with Gasteiger partial charge in [-0.3, -0.25) is 0 Å². The summed E-state index contributed by atoms with van der Waals surface area (Å²) in [6.45, 7) is 11.2. The van der Waals surface area contributed by atoms with Gasteiger partial charge in [0.2, 0.25) is 0 Å². The van der Waals surface area contributed by atoms with Crippen molar-refractivity contribution in [2.75, 3.05) is 6.61 Å². The summed E-state index contributed by atoms with van der Waals surface area (Å²) in [4.78, 5) is 0. The molecule has 0 aromatic carbocycles. The molecule has 0 spiro atoms. The Hall–Kier alpha value is -0.300. The van der Waals surface area contributed by atoms with Crippen molar-refractivity contribution >= 4 is 0 Å². The summed E-state index contributed by atoms with van der Waals surface area (Å²) in [5.74, 6) is 1.49. The first kappa shape index (κ1) is 16.1. The summed E-state index contributed by atoms with van der Waals surface area (Å²) in [6.07, 6.45) is 7.55. The molecule has 0 atom stereocenters. The zero-order valence-corrected chi connectivity index (χ0v) is 10.6. The van der Waals surface area contributed by atoms with E-state index >= 15 is 0 Å². The lowest BCUT2D eigenvalue weighted by Gasteiger charge is -1.93. The summed E-state index contributed by atoms with van der Waals surface area (Å²) in [6, 6.07) is 0. The van der Waals surface area contributed by atoms with E-state index in [2.05, 4.69) is 46.8 Å². The van der Waals surface area contributed by atoms with Crippen LogP contribution in [0.15, 0.2) is 12.2 Å². The third-order valence-corrected chi connectivity index (χ3v) is 1.30. The van der Waals surface area contributed by atoms with Crippen molar-refractivity contribution < 1.29 is 5.11 Å². The molecule has 1 N–H and O–H groups in total. The Labute approximate surface area is 90.2 Å². The third-order valence-electron chi connectivity index (χ3n) is 1.30. The molecule has 0 aliphatic heterocycles. The molecule has 0 saturated carbocycles. The first-order valence-electron chi connectivity index (χ1n) is 5.78. The molecule has 0 rings (SSSR count). The van der Waals surface area contributed by atoms with E-state index in [1.54, 1.807) is 0 Å². The minimum atomic E-state index is 0.329. The van der Waals surface area contributed by atoms with E-state index in [-0.39, 0.29) is 0 Å². The van der Waals surface area contributed by atoms with Crippen molar-refractivity contribution in [1.82, 2.24) is 0 Å². The molecule has 0 fully saturated rings. The van der Waals surface area contributed by atoms with Crippen molar-refractivity contribution in [3.8, 4) is 0 Å². The number of hydrogen-bond acceptors (Lipinski definition) is 1. The van der Waals surface area contributed by atoms with Gasteiger partial charge < -0.3 is 5.11 Å². The Balaban J connectivity index is 0. The fourth-order valence-electron chi connectivity index (χ4n) is 0.742. The number of aliphatic hydroxyl groups excluding tert-OH is 1. The zero-order chi connectivity index (χ0) is 11.4. The molecule has 0 unspecified atom stereocenters. The highest BCUT2D eigenvalue weighted by Crippen LogP contribution is 1.99. The molecule has 0 saturated heterocycles. The molecule has 0 aliphatic rings. The van der Waals surface area contributed by atoms with Gasteiger partial charge in [0.25, 0.3) is 0 Å². The number of unbranched alkanes of at least 4 members (excludes halogenated alkanes) is 2. The maximum absolute atomic E-state index is 8.45. The summed E-state index contributed by atoms with van der Waals surface area (Å²) in [5.41, 5.74) is 0. The third kappa shape index (κ3) is 29.8. The lowest BCUT2D eigenvalue weighted by atomic mass is 10.1. The van der Waals surface area contributed by atoms with Crippen LogP contribution in [0.25, 0.3) is 0 Å². The van der Waals surface area contributed by atoms with E-state index in [9.17, 15) is 0 Å². The normalized spacial score (nSPS) is 10.9. The van der Waals surface area contributed by atoms with Gasteiger partial charge in [-0.1, -0.05) is 46.8 Å². The number of allylic oxidation sites excluding steroid dienone is 2. The van der Waals surface area contributed by atoms with Gasteiger partial charge in [-0.05, 0) is 31.1 Å². The van der Waals surface area contributed by atoms with Gasteiger partial charge in [0.05, 0.1) is 0 Å². The molecule has 0 aliphatic carbocycles. The van der Waals surface area contributed by atoms with E-state index in [4.69, 9.17) is 5.11 Å². The smallest absolute Gasteiger partial charge is 0.0431 e. The van der Waals surface area contributed by atoms with Crippen molar-refractivity contribution in [2.45, 2.75) is 53.9 Å². The molecule has 14 heavy (non-hydrogen) atoms. The monoisotopic (exact) mass is 200 g/mol. The summed E-state index contributed by atoms with van der Waals surface area (Å²) in [5, 5.41) is 8.45. The predicted octanol–water partition coefficient (Wildman–Crippen LogP) is 4.02. The van der Waals surface area contributed by atoms with Crippen LogP contribution in [0, 0.1) is 11.8 Å². The maximum atomic E-state index is 8.45. The van der Waals surface area contributed by atoms with E-state index in [0.717, 1.165) is 25.2 Å². The topological polar surface area (TPSA) is 20.2 Å². The Morgan fingerprint density at radius 2 is 1.50 bits per heavy atom. The van der Waals surface area contributed by atoms with E-state index < -0.39 is 0 Å². The highest BCUT2D eigenvalue weighted by molar-refractivity contribution is 4.83. The summed E-state index contributed by atoms with van der Waals surface area (Å²) >= 11 is 0. The fraction of sp³-hybridized carbons (Fsp3) is 0.846.